The van der Waals surface area contributed by atoms with Gasteiger partial charge in [0.2, 0.25) is 0 Å². The van der Waals surface area contributed by atoms with E-state index in [9.17, 15) is 0 Å². The van der Waals surface area contributed by atoms with Gasteiger partial charge in [0.1, 0.15) is 0 Å². The van der Waals surface area contributed by atoms with Crippen LogP contribution >= 0.6 is 0 Å². The molecule has 2 N–H and O–H groups in total. The van der Waals surface area contributed by atoms with Crippen molar-refractivity contribution in [2.45, 2.75) is 19.9 Å². The van der Waals surface area contributed by atoms with E-state index < -0.39 is 0 Å². The number of hydrogen-bond donors (Lipinski definition) is 1. The molecule has 5 heteroatoms. The van der Waals surface area contributed by atoms with Crippen molar-refractivity contribution in [3.05, 3.63) is 17.5 Å². The van der Waals surface area contributed by atoms with Gasteiger partial charge in [-0.05, 0) is 27.4 Å². The maximum absolute atomic E-state index is 5.53. The Morgan fingerprint density at radius 2 is 2.19 bits per heavy atom. The highest BCUT2D eigenvalue weighted by atomic mass is 16.5. The highest BCUT2D eigenvalue weighted by Gasteiger charge is 2.02. The molecule has 0 amide bonds. The van der Waals surface area contributed by atoms with Crippen LogP contribution in [-0.2, 0) is 6.54 Å². The predicted molar refractivity (Wildman–Crippen MR) is 63.3 cm³/mol. The number of rotatable bonds is 6. The first-order valence-electron chi connectivity index (χ1n) is 5.43. The molecule has 0 saturated heterocycles. The van der Waals surface area contributed by atoms with Crippen molar-refractivity contribution in [1.82, 2.24) is 14.9 Å². The molecule has 16 heavy (non-hydrogen) atoms. The van der Waals surface area contributed by atoms with Crippen LogP contribution in [0.1, 0.15) is 17.7 Å². The normalized spacial score (nSPS) is 10.8. The van der Waals surface area contributed by atoms with E-state index in [1.54, 1.807) is 6.20 Å². The Morgan fingerprint density at radius 1 is 1.44 bits per heavy atom. The molecule has 1 aromatic heterocycles. The zero-order valence-electron chi connectivity index (χ0n) is 10.2. The van der Waals surface area contributed by atoms with Crippen LogP contribution in [-0.4, -0.2) is 42.1 Å². The van der Waals surface area contributed by atoms with Gasteiger partial charge in [-0.2, -0.15) is 0 Å². The molecule has 0 aliphatic heterocycles. The summed E-state index contributed by atoms with van der Waals surface area (Å²) in [5.74, 6) is 0. The number of hydrogen-bond acceptors (Lipinski definition) is 5. The first kappa shape index (κ1) is 12.9. The molecule has 0 radical (unpaired) electrons. The molecule has 1 rings (SSSR count). The molecule has 0 aliphatic carbocycles. The summed E-state index contributed by atoms with van der Waals surface area (Å²) in [6, 6.07) is 0.438. The van der Waals surface area contributed by atoms with Crippen LogP contribution in [0.4, 0.5) is 0 Å². The Bertz CT molecular complexity index is 328. The fourth-order valence-electron chi connectivity index (χ4n) is 1.28. The summed E-state index contributed by atoms with van der Waals surface area (Å²) >= 11 is 0. The highest BCUT2D eigenvalue weighted by molar-refractivity contribution is 5.17. The number of nitrogens with zero attached hydrogens (tertiary/aromatic N) is 3. The van der Waals surface area contributed by atoms with Crippen molar-refractivity contribution in [3.8, 4) is 6.01 Å². The average molecular weight is 224 g/mol. The van der Waals surface area contributed by atoms with Gasteiger partial charge in [0.15, 0.2) is 0 Å². The first-order chi connectivity index (χ1) is 7.63. The molecule has 0 saturated carbocycles. The van der Waals surface area contributed by atoms with Gasteiger partial charge in [-0.3, -0.25) is 0 Å². The van der Waals surface area contributed by atoms with E-state index in [0.717, 1.165) is 24.2 Å². The van der Waals surface area contributed by atoms with Crippen LogP contribution in [0.5, 0.6) is 6.01 Å². The van der Waals surface area contributed by atoms with E-state index in [1.165, 1.54) is 0 Å². The van der Waals surface area contributed by atoms with E-state index in [1.807, 2.05) is 21.0 Å². The van der Waals surface area contributed by atoms with E-state index in [0.29, 0.717) is 19.2 Å². The van der Waals surface area contributed by atoms with Gasteiger partial charge in [0.25, 0.3) is 0 Å². The summed E-state index contributed by atoms with van der Waals surface area (Å²) in [7, 11) is 4.08. The molecular formula is C11H20N4O. The standard InChI is InChI=1S/C11H20N4O/c1-9-10(7-12)8-13-11(14-9)16-6-4-5-15(2)3/h8H,4-7,12H2,1-3H3. The molecule has 5 nitrogen and oxygen atoms in total. The fraction of sp³-hybridized carbons (Fsp3) is 0.636. The van der Waals surface area contributed by atoms with Gasteiger partial charge in [0.05, 0.1) is 6.61 Å². The summed E-state index contributed by atoms with van der Waals surface area (Å²) < 4.78 is 5.45. The van der Waals surface area contributed by atoms with Crippen LogP contribution in [0, 0.1) is 6.92 Å². The van der Waals surface area contributed by atoms with Crippen LogP contribution in [0.2, 0.25) is 0 Å². The minimum Gasteiger partial charge on any atom is -0.463 e. The Morgan fingerprint density at radius 3 is 2.75 bits per heavy atom. The van der Waals surface area contributed by atoms with Crippen molar-refractivity contribution in [1.29, 1.82) is 0 Å². The number of ether oxygens (including phenoxy) is 1. The van der Waals surface area contributed by atoms with Gasteiger partial charge >= 0.3 is 6.01 Å². The second-order valence-corrected chi connectivity index (χ2v) is 3.97. The maximum Gasteiger partial charge on any atom is 0.316 e. The van der Waals surface area contributed by atoms with Gasteiger partial charge in [-0.15, -0.1) is 0 Å². The van der Waals surface area contributed by atoms with Crippen LogP contribution < -0.4 is 10.5 Å². The molecule has 0 aliphatic rings. The monoisotopic (exact) mass is 224 g/mol. The van der Waals surface area contributed by atoms with E-state index >= 15 is 0 Å². The quantitative estimate of drug-likeness (QED) is 0.716. The molecule has 90 valence electrons. The van der Waals surface area contributed by atoms with Crippen molar-refractivity contribution >= 4 is 0 Å². The molecule has 0 aromatic carbocycles. The van der Waals surface area contributed by atoms with Crippen LogP contribution in [0.15, 0.2) is 6.20 Å². The number of aryl methyl sites for hydroxylation is 1. The predicted octanol–water partition coefficient (Wildman–Crippen LogP) is 0.574. The molecular weight excluding hydrogens is 204 g/mol. The van der Waals surface area contributed by atoms with Gasteiger partial charge < -0.3 is 15.4 Å². The lowest BCUT2D eigenvalue weighted by Crippen LogP contribution is -2.16. The van der Waals surface area contributed by atoms with Crippen molar-refractivity contribution in [3.63, 3.8) is 0 Å². The molecule has 0 unspecified atom stereocenters. The van der Waals surface area contributed by atoms with Gasteiger partial charge in [-0.1, -0.05) is 0 Å². The zero-order chi connectivity index (χ0) is 12.0. The minimum atomic E-state index is 0.438. The Kier molecular flexibility index (Phi) is 5.14. The lowest BCUT2D eigenvalue weighted by atomic mass is 10.2. The molecule has 0 spiro atoms. The Balaban J connectivity index is 2.40. The zero-order valence-corrected chi connectivity index (χ0v) is 10.2. The number of aromatic nitrogens is 2. The first-order valence-corrected chi connectivity index (χ1v) is 5.43. The topological polar surface area (TPSA) is 64.3 Å². The highest BCUT2D eigenvalue weighted by Crippen LogP contribution is 2.07. The fourth-order valence-corrected chi connectivity index (χ4v) is 1.28. The van der Waals surface area contributed by atoms with Crippen LogP contribution in [0.25, 0.3) is 0 Å². The molecule has 1 aromatic rings. The largest absolute Gasteiger partial charge is 0.463 e. The summed E-state index contributed by atoms with van der Waals surface area (Å²) in [6.45, 7) is 4.02. The average Bonchev–Trinajstić information content (AvgIpc) is 2.24. The maximum atomic E-state index is 5.53. The van der Waals surface area contributed by atoms with E-state index in [2.05, 4.69) is 14.9 Å². The van der Waals surface area contributed by atoms with Crippen LogP contribution in [0.3, 0.4) is 0 Å². The molecule has 0 bridgehead atoms. The van der Waals surface area contributed by atoms with Gasteiger partial charge in [0, 0.05) is 30.5 Å². The van der Waals surface area contributed by atoms with Crippen molar-refractivity contribution in [2.24, 2.45) is 5.73 Å². The Labute approximate surface area is 96.6 Å². The third-order valence-electron chi connectivity index (χ3n) is 2.26. The molecule has 0 fully saturated rings. The smallest absolute Gasteiger partial charge is 0.316 e. The van der Waals surface area contributed by atoms with Crippen molar-refractivity contribution in [2.75, 3.05) is 27.2 Å². The number of nitrogens with two attached hydrogens (primary N) is 1. The minimum absolute atomic E-state index is 0.438. The van der Waals surface area contributed by atoms with Crippen molar-refractivity contribution < 1.29 is 4.74 Å². The third kappa shape index (κ3) is 4.12. The van der Waals surface area contributed by atoms with Gasteiger partial charge in [-0.25, -0.2) is 9.97 Å². The SMILES string of the molecule is Cc1nc(OCCCN(C)C)ncc1CN. The Hall–Kier alpha value is -1.20. The summed E-state index contributed by atoms with van der Waals surface area (Å²) in [6.07, 6.45) is 2.69. The third-order valence-corrected chi connectivity index (χ3v) is 2.26. The lowest BCUT2D eigenvalue weighted by Gasteiger charge is -2.10. The summed E-state index contributed by atoms with van der Waals surface area (Å²) in [5, 5.41) is 0. The summed E-state index contributed by atoms with van der Waals surface area (Å²) in [4.78, 5) is 10.5. The molecule has 0 atom stereocenters. The second-order valence-electron chi connectivity index (χ2n) is 3.97. The summed E-state index contributed by atoms with van der Waals surface area (Å²) in [5.41, 5.74) is 7.38. The lowest BCUT2D eigenvalue weighted by molar-refractivity contribution is 0.263. The molecule has 1 heterocycles. The van der Waals surface area contributed by atoms with E-state index in [-0.39, 0.29) is 0 Å². The van der Waals surface area contributed by atoms with E-state index in [4.69, 9.17) is 10.5 Å². The second kappa shape index (κ2) is 6.40.